The van der Waals surface area contributed by atoms with Crippen LogP contribution in [0.1, 0.15) is 38.5 Å². The number of rotatable bonds is 7. The summed E-state index contributed by atoms with van der Waals surface area (Å²) in [6.45, 7) is 9.12. The number of likely N-dealkylation sites (tertiary alicyclic amines) is 1. The standard InChI is InChI=1S/C16H29N3O/c1-2-3-4-10-19-11-6-7-14(13-19)12-18-16(20)15-8-5-9-17-15/h2,14-15,17H,1,3-13H2,(H,18,20). The van der Waals surface area contributed by atoms with Crippen LogP contribution in [-0.4, -0.2) is 49.6 Å². The molecule has 0 aromatic rings. The maximum atomic E-state index is 12.0. The van der Waals surface area contributed by atoms with E-state index < -0.39 is 0 Å². The largest absolute Gasteiger partial charge is 0.354 e. The molecule has 0 spiro atoms. The van der Waals surface area contributed by atoms with Crippen LogP contribution >= 0.6 is 0 Å². The number of amides is 1. The van der Waals surface area contributed by atoms with Gasteiger partial charge >= 0.3 is 0 Å². The molecular formula is C16H29N3O. The molecule has 2 unspecified atom stereocenters. The summed E-state index contributed by atoms with van der Waals surface area (Å²) in [6.07, 6.45) is 8.92. The van der Waals surface area contributed by atoms with Crippen LogP contribution in [0.4, 0.5) is 0 Å². The third-order valence-electron chi connectivity index (χ3n) is 4.43. The van der Waals surface area contributed by atoms with E-state index >= 15 is 0 Å². The predicted octanol–water partition coefficient (Wildman–Crippen LogP) is 1.53. The van der Waals surface area contributed by atoms with Crippen LogP contribution in [0.2, 0.25) is 0 Å². The van der Waals surface area contributed by atoms with Crippen LogP contribution in [0.3, 0.4) is 0 Å². The van der Waals surface area contributed by atoms with Gasteiger partial charge in [0.05, 0.1) is 6.04 Å². The maximum Gasteiger partial charge on any atom is 0.237 e. The molecule has 0 radical (unpaired) electrons. The second kappa shape index (κ2) is 8.42. The summed E-state index contributed by atoms with van der Waals surface area (Å²) in [5, 5.41) is 6.39. The van der Waals surface area contributed by atoms with E-state index in [2.05, 4.69) is 22.1 Å². The minimum absolute atomic E-state index is 0.0577. The van der Waals surface area contributed by atoms with Gasteiger partial charge in [0.2, 0.25) is 5.91 Å². The van der Waals surface area contributed by atoms with Gasteiger partial charge in [-0.1, -0.05) is 6.08 Å². The SMILES string of the molecule is C=CCCCN1CCCC(CNC(=O)C2CCCN2)C1. The number of allylic oxidation sites excluding steroid dienone is 1. The number of nitrogens with zero attached hydrogens (tertiary/aromatic N) is 1. The predicted molar refractivity (Wildman–Crippen MR) is 82.6 cm³/mol. The van der Waals surface area contributed by atoms with E-state index in [0.29, 0.717) is 5.92 Å². The summed E-state index contributed by atoms with van der Waals surface area (Å²) < 4.78 is 0. The van der Waals surface area contributed by atoms with Crippen molar-refractivity contribution in [1.29, 1.82) is 0 Å². The minimum atomic E-state index is 0.0577. The monoisotopic (exact) mass is 279 g/mol. The van der Waals surface area contributed by atoms with Gasteiger partial charge in [0.25, 0.3) is 0 Å². The number of unbranched alkanes of at least 4 members (excludes halogenated alkanes) is 1. The van der Waals surface area contributed by atoms with Crippen LogP contribution in [0.25, 0.3) is 0 Å². The van der Waals surface area contributed by atoms with Crippen LogP contribution in [0.15, 0.2) is 12.7 Å². The highest BCUT2D eigenvalue weighted by atomic mass is 16.2. The second-order valence-electron chi connectivity index (χ2n) is 6.13. The fraction of sp³-hybridized carbons (Fsp3) is 0.812. The Morgan fingerprint density at radius 3 is 3.05 bits per heavy atom. The molecule has 4 heteroatoms. The summed E-state index contributed by atoms with van der Waals surface area (Å²) in [4.78, 5) is 14.5. The Bertz CT molecular complexity index is 313. The van der Waals surface area contributed by atoms with E-state index in [1.165, 1.54) is 32.4 Å². The van der Waals surface area contributed by atoms with Gasteiger partial charge in [-0.05, 0) is 64.1 Å². The number of hydrogen-bond donors (Lipinski definition) is 2. The first-order valence-electron chi connectivity index (χ1n) is 8.14. The van der Waals surface area contributed by atoms with Gasteiger partial charge in [0, 0.05) is 13.1 Å². The molecule has 1 amide bonds. The molecule has 2 N–H and O–H groups in total. The molecular weight excluding hydrogens is 250 g/mol. The Labute approximate surface area is 123 Å². The quantitative estimate of drug-likeness (QED) is 0.549. The van der Waals surface area contributed by atoms with Crippen molar-refractivity contribution in [2.45, 2.75) is 44.6 Å². The third kappa shape index (κ3) is 4.91. The fourth-order valence-corrected chi connectivity index (χ4v) is 3.26. The Morgan fingerprint density at radius 2 is 2.30 bits per heavy atom. The molecule has 4 nitrogen and oxygen atoms in total. The molecule has 0 aliphatic carbocycles. The summed E-state index contributed by atoms with van der Waals surface area (Å²) in [6, 6.07) is 0.0577. The zero-order valence-corrected chi connectivity index (χ0v) is 12.6. The van der Waals surface area contributed by atoms with Crippen molar-refractivity contribution in [2.75, 3.05) is 32.7 Å². The lowest BCUT2D eigenvalue weighted by Gasteiger charge is -2.33. The lowest BCUT2D eigenvalue weighted by molar-refractivity contribution is -0.123. The second-order valence-corrected chi connectivity index (χ2v) is 6.13. The van der Waals surface area contributed by atoms with Gasteiger partial charge in [0.15, 0.2) is 0 Å². The summed E-state index contributed by atoms with van der Waals surface area (Å²) >= 11 is 0. The van der Waals surface area contributed by atoms with E-state index in [0.717, 1.165) is 38.9 Å². The van der Waals surface area contributed by atoms with Crippen molar-refractivity contribution in [3.05, 3.63) is 12.7 Å². The van der Waals surface area contributed by atoms with Crippen LogP contribution in [0, 0.1) is 5.92 Å². The summed E-state index contributed by atoms with van der Waals surface area (Å²) in [5.74, 6) is 0.823. The molecule has 2 aliphatic heterocycles. The van der Waals surface area contributed by atoms with Gasteiger partial charge < -0.3 is 15.5 Å². The van der Waals surface area contributed by atoms with E-state index in [4.69, 9.17) is 0 Å². The summed E-state index contributed by atoms with van der Waals surface area (Å²) in [5.41, 5.74) is 0. The molecule has 2 fully saturated rings. The van der Waals surface area contributed by atoms with Gasteiger partial charge in [-0.3, -0.25) is 4.79 Å². The maximum absolute atomic E-state index is 12.0. The van der Waals surface area contributed by atoms with Gasteiger partial charge in [-0.15, -0.1) is 6.58 Å². The third-order valence-corrected chi connectivity index (χ3v) is 4.43. The molecule has 2 saturated heterocycles. The van der Waals surface area contributed by atoms with Gasteiger partial charge in [0.1, 0.15) is 0 Å². The average Bonchev–Trinajstić information content (AvgIpc) is 3.00. The number of carbonyl (C=O) groups excluding carboxylic acids is 1. The number of carbonyl (C=O) groups is 1. The molecule has 2 rings (SSSR count). The first-order chi connectivity index (χ1) is 9.79. The average molecular weight is 279 g/mol. The zero-order valence-electron chi connectivity index (χ0n) is 12.6. The highest BCUT2D eigenvalue weighted by Crippen LogP contribution is 2.16. The molecule has 0 bridgehead atoms. The van der Waals surface area contributed by atoms with Crippen LogP contribution in [0.5, 0.6) is 0 Å². The van der Waals surface area contributed by atoms with E-state index in [1.54, 1.807) is 0 Å². The van der Waals surface area contributed by atoms with Gasteiger partial charge in [-0.2, -0.15) is 0 Å². The lowest BCUT2D eigenvalue weighted by Crippen LogP contribution is -2.45. The highest BCUT2D eigenvalue weighted by Gasteiger charge is 2.24. The highest BCUT2D eigenvalue weighted by molar-refractivity contribution is 5.81. The Balaban J connectivity index is 1.64. The normalized spacial score (nSPS) is 27.4. The number of nitrogens with one attached hydrogen (secondary N) is 2. The Morgan fingerprint density at radius 1 is 1.40 bits per heavy atom. The van der Waals surface area contributed by atoms with Crippen LogP contribution < -0.4 is 10.6 Å². The van der Waals surface area contributed by atoms with Crippen molar-refractivity contribution >= 4 is 5.91 Å². The zero-order chi connectivity index (χ0) is 14.2. The number of hydrogen-bond acceptors (Lipinski definition) is 3. The first-order valence-corrected chi connectivity index (χ1v) is 8.14. The molecule has 2 heterocycles. The smallest absolute Gasteiger partial charge is 0.237 e. The van der Waals surface area contributed by atoms with E-state index in [1.807, 2.05) is 6.08 Å². The van der Waals surface area contributed by atoms with Crippen molar-refractivity contribution in [2.24, 2.45) is 5.92 Å². The number of piperidine rings is 1. The van der Waals surface area contributed by atoms with E-state index in [9.17, 15) is 4.79 Å². The Kier molecular flexibility index (Phi) is 6.54. The molecule has 2 aliphatic rings. The molecule has 2 atom stereocenters. The van der Waals surface area contributed by atoms with Crippen LogP contribution in [-0.2, 0) is 4.79 Å². The molecule has 0 aromatic heterocycles. The van der Waals surface area contributed by atoms with E-state index in [-0.39, 0.29) is 11.9 Å². The van der Waals surface area contributed by atoms with Gasteiger partial charge in [-0.25, -0.2) is 0 Å². The van der Waals surface area contributed by atoms with Crippen molar-refractivity contribution in [1.82, 2.24) is 15.5 Å². The summed E-state index contributed by atoms with van der Waals surface area (Å²) in [7, 11) is 0. The lowest BCUT2D eigenvalue weighted by atomic mass is 9.97. The molecule has 0 saturated carbocycles. The Hall–Kier alpha value is -0.870. The first kappa shape index (κ1) is 15.5. The molecule has 0 aromatic carbocycles. The van der Waals surface area contributed by atoms with Crippen molar-refractivity contribution in [3.63, 3.8) is 0 Å². The minimum Gasteiger partial charge on any atom is -0.354 e. The van der Waals surface area contributed by atoms with Crippen molar-refractivity contribution in [3.8, 4) is 0 Å². The van der Waals surface area contributed by atoms with Crippen molar-refractivity contribution < 1.29 is 4.79 Å². The molecule has 20 heavy (non-hydrogen) atoms. The molecule has 114 valence electrons. The fourth-order valence-electron chi connectivity index (χ4n) is 3.26. The topological polar surface area (TPSA) is 44.4 Å².